The molecule has 0 fully saturated rings. The second kappa shape index (κ2) is 8.54. The first-order valence-electron chi connectivity index (χ1n) is 5.13. The fourth-order valence-electron chi connectivity index (χ4n) is 0.723. The van der Waals surface area contributed by atoms with E-state index in [-0.39, 0.29) is 13.2 Å². The molecule has 0 aliphatic rings. The highest BCUT2D eigenvalue weighted by molar-refractivity contribution is 7.47. The second-order valence-corrected chi connectivity index (χ2v) is 4.25. The van der Waals surface area contributed by atoms with Crippen molar-refractivity contribution in [3.63, 3.8) is 0 Å². The number of carbonyl (C=O) groups excluding carboxylic acids is 1. The topological polar surface area (TPSA) is 149 Å². The van der Waals surface area contributed by atoms with Gasteiger partial charge in [-0.1, -0.05) is 0 Å². The van der Waals surface area contributed by atoms with Gasteiger partial charge in [-0.25, -0.2) is 9.36 Å². The van der Waals surface area contributed by atoms with Gasteiger partial charge in [0.2, 0.25) is 0 Å². The van der Waals surface area contributed by atoms with Crippen molar-refractivity contribution >= 4 is 13.8 Å². The van der Waals surface area contributed by atoms with Gasteiger partial charge in [-0.2, -0.15) is 0 Å². The van der Waals surface area contributed by atoms with Crippen LogP contribution in [0.1, 0.15) is 0 Å². The molecule has 0 aromatic carbocycles. The average molecular weight is 274 g/mol. The summed E-state index contributed by atoms with van der Waals surface area (Å²) in [7, 11) is -4.33. The molecule has 0 saturated carbocycles. The number of ether oxygens (including phenoxy) is 1. The molecule has 2 atom stereocenters. The first-order chi connectivity index (χ1) is 8.45. The van der Waals surface area contributed by atoms with Gasteiger partial charge in [-0.05, 0) is 0 Å². The summed E-state index contributed by atoms with van der Waals surface area (Å²) in [6, 6.07) is 0. The molecule has 0 aromatic rings. The standard InChI is InChI=1S/C7H16NO8P/c8-1-2-14-17(12,13)15-5-6(3-9)16-7(11)4-10/h6,9-10H,1-5,8H2,(H,12,13)/t6-/m1/s1/i/hD. The van der Waals surface area contributed by atoms with Crippen LogP contribution in [-0.4, -0.2) is 60.2 Å². The van der Waals surface area contributed by atoms with Gasteiger partial charge in [0.15, 0.2) is 0 Å². The van der Waals surface area contributed by atoms with E-state index in [1.807, 2.05) is 5.73 Å². The fraction of sp³-hybridized carbons (Fsp3) is 0.857. The number of aliphatic hydroxyl groups excluding tert-OH is 2. The quantitative estimate of drug-likeness (QED) is 0.201. The Morgan fingerprint density at radius 3 is 2.71 bits per heavy atom. The third kappa shape index (κ3) is 8.22. The van der Waals surface area contributed by atoms with E-state index in [4.69, 9.17) is 16.5 Å². The fourth-order valence-corrected chi connectivity index (χ4v) is 1.47. The van der Waals surface area contributed by atoms with Crippen LogP contribution in [0.25, 0.3) is 0 Å². The Bertz CT molecular complexity index is 291. The van der Waals surface area contributed by atoms with Crippen molar-refractivity contribution in [3.8, 4) is 0 Å². The van der Waals surface area contributed by atoms with Gasteiger partial charge < -0.3 is 25.6 Å². The molecule has 0 radical (unpaired) electrons. The smallest absolute Gasteiger partial charge is 0.456 e. The van der Waals surface area contributed by atoms with Crippen LogP contribution in [-0.2, 0) is 23.1 Å². The van der Waals surface area contributed by atoms with Crippen molar-refractivity contribution in [1.29, 1.82) is 0 Å². The van der Waals surface area contributed by atoms with E-state index in [2.05, 4.69) is 13.8 Å². The molecule has 0 heterocycles. The van der Waals surface area contributed by atoms with Crippen molar-refractivity contribution in [2.24, 2.45) is 5.73 Å². The molecule has 1 unspecified atom stereocenters. The van der Waals surface area contributed by atoms with Crippen LogP contribution in [0.4, 0.5) is 0 Å². The Labute approximate surface area is 99.2 Å². The highest BCUT2D eigenvalue weighted by atomic mass is 31.2. The first kappa shape index (κ1) is 14.5. The van der Waals surface area contributed by atoms with Gasteiger partial charge in [0.25, 0.3) is 0 Å². The lowest BCUT2D eigenvalue weighted by molar-refractivity contribution is -0.156. The maximum Gasteiger partial charge on any atom is 0.472 e. The van der Waals surface area contributed by atoms with E-state index in [9.17, 15) is 9.36 Å². The van der Waals surface area contributed by atoms with Crippen molar-refractivity contribution < 1.29 is 39.7 Å². The molecular weight excluding hydrogens is 257 g/mol. The predicted octanol–water partition coefficient (Wildman–Crippen LogP) is -2.02. The van der Waals surface area contributed by atoms with Crippen molar-refractivity contribution in [3.05, 3.63) is 0 Å². The van der Waals surface area contributed by atoms with E-state index >= 15 is 0 Å². The summed E-state index contributed by atoms with van der Waals surface area (Å²) in [5.41, 5.74) is 1.95. The van der Waals surface area contributed by atoms with Gasteiger partial charge in [0.1, 0.15) is 14.1 Å². The summed E-state index contributed by atoms with van der Waals surface area (Å²) in [4.78, 5) is 19.8. The van der Waals surface area contributed by atoms with Gasteiger partial charge in [0.05, 0.1) is 19.8 Å². The minimum atomic E-state index is -4.33. The van der Waals surface area contributed by atoms with Gasteiger partial charge >= 0.3 is 13.8 Å². The predicted molar refractivity (Wildman–Crippen MR) is 54.8 cm³/mol. The molecule has 5 N–H and O–H groups in total. The minimum absolute atomic E-state index is 0.0246. The Balaban J connectivity index is 4.02. The molecule has 102 valence electrons. The molecule has 0 saturated heterocycles. The molecule has 10 heteroatoms. The van der Waals surface area contributed by atoms with Crippen LogP contribution in [0.15, 0.2) is 0 Å². The molecule has 17 heavy (non-hydrogen) atoms. The molecule has 0 bridgehead atoms. The summed E-state index contributed by atoms with van der Waals surface area (Å²) in [6.45, 7) is -2.28. The number of hydrogen-bond donors (Lipinski definition) is 4. The van der Waals surface area contributed by atoms with E-state index in [1.54, 1.807) is 0 Å². The summed E-state index contributed by atoms with van der Waals surface area (Å²) in [6.07, 6.45) is -1.18. The molecule has 0 aliphatic heterocycles. The normalized spacial score (nSPS) is 17.0. The molecule has 0 aliphatic carbocycles. The summed E-state index contributed by atoms with van der Waals surface area (Å²) >= 11 is 0. The SMILES string of the molecule is [2H]NCCOP(=O)(O)OC[C@@H](CO)OC(=O)CO. The third-order valence-corrected chi connectivity index (χ3v) is 2.40. The third-order valence-electron chi connectivity index (χ3n) is 1.41. The molecule has 0 aromatic heterocycles. The Kier molecular flexibility index (Phi) is 7.29. The van der Waals surface area contributed by atoms with Crippen LogP contribution in [0.3, 0.4) is 0 Å². The molecule has 9 nitrogen and oxygen atoms in total. The van der Waals surface area contributed by atoms with E-state index < -0.39 is 39.7 Å². The molecule has 0 spiro atoms. The zero-order valence-electron chi connectivity index (χ0n) is 9.94. The lowest BCUT2D eigenvalue weighted by atomic mass is 10.4. The van der Waals surface area contributed by atoms with Crippen LogP contribution in [0.2, 0.25) is 1.41 Å². The van der Waals surface area contributed by atoms with Gasteiger partial charge in [0, 0.05) is 6.54 Å². The van der Waals surface area contributed by atoms with Crippen molar-refractivity contribution in [2.75, 3.05) is 33.0 Å². The summed E-state index contributed by atoms with van der Waals surface area (Å²) in [5.74, 6) is -0.996. The highest BCUT2D eigenvalue weighted by Crippen LogP contribution is 2.42. The number of esters is 1. The Morgan fingerprint density at radius 1 is 1.47 bits per heavy atom. The van der Waals surface area contributed by atoms with Crippen molar-refractivity contribution in [1.82, 2.24) is 0 Å². The number of rotatable bonds is 10. The Hall–Kier alpha value is -0.540. The van der Waals surface area contributed by atoms with Crippen LogP contribution in [0, 0.1) is 0 Å². The number of hydrogen-bond acceptors (Lipinski definition) is 8. The average Bonchev–Trinajstić information content (AvgIpc) is 2.34. The van der Waals surface area contributed by atoms with Crippen LogP contribution >= 0.6 is 7.82 Å². The second-order valence-electron chi connectivity index (χ2n) is 2.80. The number of phosphoric acid groups is 1. The maximum absolute atomic E-state index is 11.2. The lowest BCUT2D eigenvalue weighted by Crippen LogP contribution is -2.28. The van der Waals surface area contributed by atoms with E-state index in [0.717, 1.165) is 0 Å². The minimum Gasteiger partial charge on any atom is -0.456 e. The number of aliphatic hydroxyl groups is 2. The molecule has 0 amide bonds. The van der Waals surface area contributed by atoms with E-state index in [0.29, 0.717) is 0 Å². The van der Waals surface area contributed by atoms with Gasteiger partial charge in [-0.3, -0.25) is 9.05 Å². The van der Waals surface area contributed by atoms with Crippen LogP contribution in [0.5, 0.6) is 0 Å². The number of phosphoric ester groups is 1. The molecular formula is C7H16NO8P. The highest BCUT2D eigenvalue weighted by Gasteiger charge is 2.24. The zero-order valence-corrected chi connectivity index (χ0v) is 9.84. The maximum atomic E-state index is 11.2. The molecule has 0 rings (SSSR count). The summed E-state index contributed by atoms with van der Waals surface area (Å²) in [5, 5.41) is 17.2. The monoisotopic (exact) mass is 274 g/mol. The lowest BCUT2D eigenvalue weighted by Gasteiger charge is -2.17. The summed E-state index contributed by atoms with van der Waals surface area (Å²) < 4.78 is 31.1. The Morgan fingerprint density at radius 2 is 2.18 bits per heavy atom. The van der Waals surface area contributed by atoms with E-state index in [1.165, 1.54) is 0 Å². The number of carbonyl (C=O) groups is 1. The number of nitrogens with two attached hydrogens (primary N) is 1. The zero-order chi connectivity index (χ0) is 14.0. The van der Waals surface area contributed by atoms with Crippen molar-refractivity contribution in [2.45, 2.75) is 6.10 Å². The van der Waals surface area contributed by atoms with Crippen LogP contribution < -0.4 is 5.73 Å². The first-order valence-corrected chi connectivity index (χ1v) is 6.12. The largest absolute Gasteiger partial charge is 0.472 e. The van der Waals surface area contributed by atoms with Gasteiger partial charge in [-0.15, -0.1) is 0 Å².